The number of nitrogens with zero attached hydrogens (tertiary/aromatic N) is 4. The minimum atomic E-state index is 0.586. The Morgan fingerprint density at radius 3 is 2.04 bits per heavy atom. The minimum absolute atomic E-state index is 0.586. The van der Waals surface area contributed by atoms with Gasteiger partial charge in [-0.3, -0.25) is 0 Å². The summed E-state index contributed by atoms with van der Waals surface area (Å²) in [6.07, 6.45) is 3.92. The zero-order chi connectivity index (χ0) is 33.8. The van der Waals surface area contributed by atoms with E-state index in [1.54, 1.807) is 0 Å². The minimum Gasteiger partial charge on any atom is -0.493 e. The summed E-state index contributed by atoms with van der Waals surface area (Å²) in [5.41, 5.74) is 3.59. The lowest BCUT2D eigenvalue weighted by molar-refractivity contribution is 0.243. The first-order chi connectivity index (χ1) is 22.8. The SMILES string of the molecule is CCCCn1c(-c2ccc(Cl)cc2Oc2ccc(Cl)c(C)c2)nc2c(OCCCN(CC)CC)cc(OCCCN(CC)CC)cc21. The molecule has 0 saturated heterocycles. The van der Waals surface area contributed by atoms with Crippen molar-refractivity contribution in [2.45, 2.75) is 73.8 Å². The molecule has 9 heteroatoms. The first-order valence-electron chi connectivity index (χ1n) is 17.3. The fraction of sp³-hybridized carbons (Fsp3) is 0.500. The number of hydrogen-bond donors (Lipinski definition) is 0. The van der Waals surface area contributed by atoms with Crippen molar-refractivity contribution in [3.8, 4) is 34.4 Å². The second kappa shape index (κ2) is 18.5. The van der Waals surface area contributed by atoms with Gasteiger partial charge in [-0.1, -0.05) is 64.2 Å². The van der Waals surface area contributed by atoms with Gasteiger partial charge in [0.1, 0.15) is 28.6 Å². The number of imidazole rings is 1. The first-order valence-corrected chi connectivity index (χ1v) is 18.1. The molecule has 256 valence electrons. The Morgan fingerprint density at radius 1 is 0.723 bits per heavy atom. The average molecular weight is 684 g/mol. The fourth-order valence-corrected chi connectivity index (χ4v) is 5.99. The molecule has 0 N–H and O–H groups in total. The standard InChI is InChI=1S/C38H52Cl2N4O3/c1-7-12-21-44-34-26-31(45-22-13-19-42(8-2)9-3)27-36(46-23-14-20-43(10-4)11-5)37(34)41-38(44)32-17-15-29(39)25-35(32)47-30-16-18-33(40)28(6)24-30/h15-18,24-27H,7-14,19-23H2,1-6H3. The Labute approximate surface area is 291 Å². The molecule has 1 heterocycles. The molecule has 0 fully saturated rings. The highest BCUT2D eigenvalue weighted by molar-refractivity contribution is 6.31. The lowest BCUT2D eigenvalue weighted by Crippen LogP contribution is -2.25. The van der Waals surface area contributed by atoms with Crippen LogP contribution >= 0.6 is 23.2 Å². The number of aryl methyl sites for hydroxylation is 2. The number of ether oxygens (including phenoxy) is 3. The largest absolute Gasteiger partial charge is 0.493 e. The molecule has 0 aliphatic rings. The first kappa shape index (κ1) is 36.9. The van der Waals surface area contributed by atoms with Gasteiger partial charge in [-0.25, -0.2) is 4.98 Å². The van der Waals surface area contributed by atoms with Gasteiger partial charge >= 0.3 is 0 Å². The average Bonchev–Trinajstić information content (AvgIpc) is 3.43. The van der Waals surface area contributed by atoms with Crippen LogP contribution in [0.4, 0.5) is 0 Å². The molecule has 0 bridgehead atoms. The van der Waals surface area contributed by atoms with Crippen molar-refractivity contribution in [3.05, 3.63) is 64.1 Å². The van der Waals surface area contributed by atoms with Crippen LogP contribution < -0.4 is 14.2 Å². The van der Waals surface area contributed by atoms with E-state index in [0.717, 1.165) is 111 Å². The third-order valence-electron chi connectivity index (χ3n) is 8.62. The topological polar surface area (TPSA) is 52.0 Å². The van der Waals surface area contributed by atoms with Crippen LogP contribution in [0.1, 0.15) is 65.9 Å². The van der Waals surface area contributed by atoms with Gasteiger partial charge < -0.3 is 28.6 Å². The Hall–Kier alpha value is -2.97. The van der Waals surface area contributed by atoms with E-state index in [2.05, 4.69) is 55.1 Å². The third-order valence-corrected chi connectivity index (χ3v) is 9.28. The molecule has 3 aromatic carbocycles. The molecular weight excluding hydrogens is 631 g/mol. The summed E-state index contributed by atoms with van der Waals surface area (Å²) >= 11 is 12.8. The molecule has 4 aromatic rings. The molecule has 0 unspecified atom stereocenters. The molecule has 0 radical (unpaired) electrons. The summed E-state index contributed by atoms with van der Waals surface area (Å²) in [7, 11) is 0. The summed E-state index contributed by atoms with van der Waals surface area (Å²) in [5, 5.41) is 1.28. The predicted molar refractivity (Wildman–Crippen MR) is 197 cm³/mol. The molecule has 4 rings (SSSR count). The highest BCUT2D eigenvalue weighted by atomic mass is 35.5. The molecule has 0 aliphatic carbocycles. The van der Waals surface area contributed by atoms with Gasteiger partial charge in [0.25, 0.3) is 0 Å². The number of halogens is 2. The van der Waals surface area contributed by atoms with E-state index in [1.165, 1.54) is 0 Å². The van der Waals surface area contributed by atoms with Crippen LogP contribution in [0.5, 0.6) is 23.0 Å². The molecular formula is C38H52Cl2N4O3. The van der Waals surface area contributed by atoms with E-state index in [-0.39, 0.29) is 0 Å². The second-order valence-corrected chi connectivity index (χ2v) is 12.7. The molecule has 47 heavy (non-hydrogen) atoms. The smallest absolute Gasteiger partial charge is 0.150 e. The van der Waals surface area contributed by atoms with E-state index < -0.39 is 0 Å². The van der Waals surface area contributed by atoms with Crippen molar-refractivity contribution in [2.24, 2.45) is 0 Å². The number of unbranched alkanes of at least 4 members (excludes halogenated alkanes) is 1. The van der Waals surface area contributed by atoms with Crippen molar-refractivity contribution in [3.63, 3.8) is 0 Å². The van der Waals surface area contributed by atoms with Crippen molar-refractivity contribution >= 4 is 34.2 Å². The summed E-state index contributed by atoms with van der Waals surface area (Å²) in [4.78, 5) is 10.1. The van der Waals surface area contributed by atoms with E-state index in [4.69, 9.17) is 42.4 Å². The van der Waals surface area contributed by atoms with Crippen LogP contribution in [-0.4, -0.2) is 71.8 Å². The molecule has 7 nitrogen and oxygen atoms in total. The van der Waals surface area contributed by atoms with Crippen molar-refractivity contribution in [2.75, 3.05) is 52.5 Å². The number of fused-ring (bicyclic) bond motifs is 1. The van der Waals surface area contributed by atoms with Crippen molar-refractivity contribution < 1.29 is 14.2 Å². The van der Waals surface area contributed by atoms with Gasteiger partial charge in [-0.2, -0.15) is 0 Å². The molecule has 0 atom stereocenters. The lowest BCUT2D eigenvalue weighted by atomic mass is 10.1. The van der Waals surface area contributed by atoms with Crippen LogP contribution in [0.25, 0.3) is 22.4 Å². The molecule has 0 spiro atoms. The van der Waals surface area contributed by atoms with Gasteiger partial charge in [0.15, 0.2) is 5.75 Å². The Kier molecular flexibility index (Phi) is 14.5. The Balaban J connectivity index is 1.75. The highest BCUT2D eigenvalue weighted by Gasteiger charge is 2.21. The van der Waals surface area contributed by atoms with Gasteiger partial charge in [0, 0.05) is 47.9 Å². The Bertz CT molecular complexity index is 1570. The molecule has 0 amide bonds. The second-order valence-electron chi connectivity index (χ2n) is 11.8. The number of aromatic nitrogens is 2. The maximum atomic E-state index is 6.52. The number of benzene rings is 3. The van der Waals surface area contributed by atoms with Gasteiger partial charge in [-0.05, 0) is 88.3 Å². The van der Waals surface area contributed by atoms with Gasteiger partial charge in [0.2, 0.25) is 0 Å². The van der Waals surface area contributed by atoms with Crippen molar-refractivity contribution in [1.29, 1.82) is 0 Å². The maximum absolute atomic E-state index is 6.52. The summed E-state index contributed by atoms with van der Waals surface area (Å²) in [6, 6.07) is 15.5. The zero-order valence-corrected chi connectivity index (χ0v) is 30.6. The third kappa shape index (κ3) is 10.0. The number of rotatable bonds is 20. The maximum Gasteiger partial charge on any atom is 0.150 e. The van der Waals surface area contributed by atoms with Crippen LogP contribution in [0.3, 0.4) is 0 Å². The molecule has 0 saturated carbocycles. The van der Waals surface area contributed by atoms with E-state index in [9.17, 15) is 0 Å². The van der Waals surface area contributed by atoms with Crippen LogP contribution in [0.2, 0.25) is 10.0 Å². The summed E-state index contributed by atoms with van der Waals surface area (Å²) < 4.78 is 21.6. The highest BCUT2D eigenvalue weighted by Crippen LogP contribution is 2.40. The molecule has 0 aliphatic heterocycles. The summed E-state index contributed by atoms with van der Waals surface area (Å²) in [5.74, 6) is 3.65. The van der Waals surface area contributed by atoms with Crippen molar-refractivity contribution in [1.82, 2.24) is 19.4 Å². The number of hydrogen-bond acceptors (Lipinski definition) is 6. The molecule has 1 aromatic heterocycles. The van der Waals surface area contributed by atoms with Gasteiger partial charge in [-0.15, -0.1) is 0 Å². The van der Waals surface area contributed by atoms with Crippen LogP contribution in [0, 0.1) is 6.92 Å². The normalized spacial score (nSPS) is 11.6. The summed E-state index contributed by atoms with van der Waals surface area (Å²) in [6.45, 7) is 21.1. The monoisotopic (exact) mass is 682 g/mol. The van der Waals surface area contributed by atoms with E-state index >= 15 is 0 Å². The zero-order valence-electron chi connectivity index (χ0n) is 29.1. The van der Waals surface area contributed by atoms with Crippen LogP contribution in [-0.2, 0) is 6.54 Å². The Morgan fingerprint density at radius 2 is 1.40 bits per heavy atom. The lowest BCUT2D eigenvalue weighted by Gasteiger charge is -2.18. The van der Waals surface area contributed by atoms with E-state index in [0.29, 0.717) is 34.8 Å². The predicted octanol–water partition coefficient (Wildman–Crippen LogP) is 10.1. The van der Waals surface area contributed by atoms with Gasteiger partial charge in [0.05, 0.1) is 24.3 Å². The quantitative estimate of drug-likeness (QED) is 0.0865. The fourth-order valence-electron chi connectivity index (χ4n) is 5.71. The van der Waals surface area contributed by atoms with Crippen LogP contribution in [0.15, 0.2) is 48.5 Å². The van der Waals surface area contributed by atoms with E-state index in [1.807, 2.05) is 49.4 Å².